The molecule has 0 atom stereocenters. The van der Waals surface area contributed by atoms with E-state index in [4.69, 9.17) is 9.47 Å². The Morgan fingerprint density at radius 2 is 2.13 bits per heavy atom. The number of ether oxygens (including phenoxy) is 2. The molecule has 1 aliphatic carbocycles. The Balaban J connectivity index is 2.09. The first-order valence-corrected chi connectivity index (χ1v) is 7.99. The molecule has 4 heteroatoms. The molecule has 0 aliphatic heterocycles. The van der Waals surface area contributed by atoms with Crippen molar-refractivity contribution in [3.05, 3.63) is 42.5 Å². The average molecular weight is 315 g/mol. The maximum absolute atomic E-state index is 12.4. The summed E-state index contributed by atoms with van der Waals surface area (Å²) in [5, 5.41) is 0. The summed E-state index contributed by atoms with van der Waals surface area (Å²) in [6.45, 7) is 8.16. The molecule has 0 N–H and O–H groups in total. The summed E-state index contributed by atoms with van der Waals surface area (Å²) in [5.74, 6) is 1.37. The van der Waals surface area contributed by atoms with E-state index in [-0.39, 0.29) is 11.9 Å². The molecule has 0 spiro atoms. The molecule has 1 aromatic carbocycles. The Hall–Kier alpha value is -2.23. The average Bonchev–Trinajstić information content (AvgIpc) is 3.35. The largest absolute Gasteiger partial charge is 0.493 e. The molecule has 0 unspecified atom stereocenters. The van der Waals surface area contributed by atoms with Crippen molar-refractivity contribution in [2.24, 2.45) is 0 Å². The molecule has 1 aromatic rings. The van der Waals surface area contributed by atoms with E-state index in [1.165, 1.54) is 0 Å². The third kappa shape index (κ3) is 4.62. The van der Waals surface area contributed by atoms with E-state index in [1.54, 1.807) is 19.3 Å². The first-order valence-electron chi connectivity index (χ1n) is 7.99. The minimum absolute atomic E-state index is 0.0634. The van der Waals surface area contributed by atoms with Crippen molar-refractivity contribution >= 4 is 12.0 Å². The van der Waals surface area contributed by atoms with Crippen LogP contribution in [0.15, 0.2) is 36.9 Å². The highest BCUT2D eigenvalue weighted by atomic mass is 16.5. The van der Waals surface area contributed by atoms with Gasteiger partial charge in [-0.15, -0.1) is 0 Å². The van der Waals surface area contributed by atoms with Crippen molar-refractivity contribution in [1.82, 2.24) is 4.90 Å². The summed E-state index contributed by atoms with van der Waals surface area (Å²) in [6, 6.07) is 6.24. The second-order valence-corrected chi connectivity index (χ2v) is 5.91. The van der Waals surface area contributed by atoms with Gasteiger partial charge < -0.3 is 14.4 Å². The standard InChI is InChI=1S/C19H25NO3/c1-5-12-23-17-10-6-15(13-18(17)22-4)7-11-19(21)20(14(2)3)16-8-9-16/h5-7,10-11,13-14,16H,1,8-9,12H2,2-4H3/b11-7+. The van der Waals surface area contributed by atoms with Gasteiger partial charge in [-0.1, -0.05) is 18.7 Å². The molecular weight excluding hydrogens is 290 g/mol. The fourth-order valence-electron chi connectivity index (χ4n) is 2.52. The first kappa shape index (κ1) is 17.1. The van der Waals surface area contributed by atoms with Crippen LogP contribution in [0.4, 0.5) is 0 Å². The van der Waals surface area contributed by atoms with Gasteiger partial charge >= 0.3 is 0 Å². The lowest BCUT2D eigenvalue weighted by molar-refractivity contribution is -0.128. The topological polar surface area (TPSA) is 38.8 Å². The van der Waals surface area contributed by atoms with Gasteiger partial charge in [-0.25, -0.2) is 0 Å². The normalized spacial score (nSPS) is 14.1. The van der Waals surface area contributed by atoms with Crippen LogP contribution in [0.3, 0.4) is 0 Å². The number of amides is 1. The zero-order chi connectivity index (χ0) is 16.8. The fourth-order valence-corrected chi connectivity index (χ4v) is 2.52. The Labute approximate surface area is 138 Å². The van der Waals surface area contributed by atoms with Gasteiger partial charge in [0.1, 0.15) is 6.61 Å². The molecule has 1 amide bonds. The van der Waals surface area contributed by atoms with Gasteiger partial charge in [0, 0.05) is 18.2 Å². The molecule has 124 valence electrons. The third-order valence-corrected chi connectivity index (χ3v) is 3.71. The van der Waals surface area contributed by atoms with Gasteiger partial charge in [0.2, 0.25) is 5.91 Å². The summed E-state index contributed by atoms with van der Waals surface area (Å²) < 4.78 is 10.9. The lowest BCUT2D eigenvalue weighted by Gasteiger charge is -2.25. The molecule has 1 fully saturated rings. The number of benzene rings is 1. The number of methoxy groups -OCH3 is 1. The lowest BCUT2D eigenvalue weighted by Crippen LogP contribution is -2.37. The highest BCUT2D eigenvalue weighted by Gasteiger charge is 2.33. The molecule has 1 aliphatic rings. The number of carbonyl (C=O) groups excluding carboxylic acids is 1. The SMILES string of the molecule is C=CCOc1ccc(/C=C/C(=O)N(C(C)C)C2CC2)cc1OC. The van der Waals surface area contributed by atoms with Crippen molar-refractivity contribution in [2.75, 3.05) is 13.7 Å². The number of hydrogen-bond acceptors (Lipinski definition) is 3. The van der Waals surface area contributed by atoms with Crippen molar-refractivity contribution in [1.29, 1.82) is 0 Å². The number of rotatable bonds is 8. The van der Waals surface area contributed by atoms with Crippen LogP contribution in [0.25, 0.3) is 6.08 Å². The Bertz CT molecular complexity index is 586. The van der Waals surface area contributed by atoms with E-state index in [9.17, 15) is 4.79 Å². The van der Waals surface area contributed by atoms with Crippen LogP contribution >= 0.6 is 0 Å². The molecule has 0 radical (unpaired) electrons. The lowest BCUT2D eigenvalue weighted by atomic mass is 10.1. The summed E-state index contributed by atoms with van der Waals surface area (Å²) in [4.78, 5) is 14.3. The van der Waals surface area contributed by atoms with Crippen LogP contribution in [-0.4, -0.2) is 36.6 Å². The Morgan fingerprint density at radius 1 is 1.39 bits per heavy atom. The van der Waals surface area contributed by atoms with Crippen LogP contribution < -0.4 is 9.47 Å². The predicted molar refractivity (Wildman–Crippen MR) is 92.7 cm³/mol. The van der Waals surface area contributed by atoms with Crippen LogP contribution in [0, 0.1) is 0 Å². The number of nitrogens with zero attached hydrogens (tertiary/aromatic N) is 1. The molecule has 0 heterocycles. The first-order chi connectivity index (χ1) is 11.1. The summed E-state index contributed by atoms with van der Waals surface area (Å²) in [6.07, 6.45) is 7.36. The molecule has 23 heavy (non-hydrogen) atoms. The minimum atomic E-state index is 0.0634. The second kappa shape index (κ2) is 7.86. The zero-order valence-corrected chi connectivity index (χ0v) is 14.1. The zero-order valence-electron chi connectivity index (χ0n) is 14.1. The van der Waals surface area contributed by atoms with E-state index >= 15 is 0 Å². The molecule has 4 nitrogen and oxygen atoms in total. The van der Waals surface area contributed by atoms with Gasteiger partial charge in [0.25, 0.3) is 0 Å². The van der Waals surface area contributed by atoms with Crippen LogP contribution in [0.1, 0.15) is 32.3 Å². The fraction of sp³-hybridized carbons (Fsp3) is 0.421. The summed E-state index contributed by atoms with van der Waals surface area (Å²) >= 11 is 0. The third-order valence-electron chi connectivity index (χ3n) is 3.71. The maximum Gasteiger partial charge on any atom is 0.247 e. The number of hydrogen-bond donors (Lipinski definition) is 0. The molecule has 0 aromatic heterocycles. The second-order valence-electron chi connectivity index (χ2n) is 5.91. The van der Waals surface area contributed by atoms with Gasteiger partial charge in [0.05, 0.1) is 7.11 Å². The van der Waals surface area contributed by atoms with Crippen molar-refractivity contribution in [3.63, 3.8) is 0 Å². The van der Waals surface area contributed by atoms with E-state index < -0.39 is 0 Å². The highest BCUT2D eigenvalue weighted by Crippen LogP contribution is 2.30. The van der Waals surface area contributed by atoms with E-state index in [0.29, 0.717) is 24.1 Å². The Morgan fingerprint density at radius 3 is 2.70 bits per heavy atom. The monoisotopic (exact) mass is 315 g/mol. The predicted octanol–water partition coefficient (Wildman–Crippen LogP) is 3.67. The number of carbonyl (C=O) groups is 1. The van der Waals surface area contributed by atoms with E-state index in [1.807, 2.05) is 29.2 Å². The smallest absolute Gasteiger partial charge is 0.247 e. The summed E-state index contributed by atoms with van der Waals surface area (Å²) in [5.41, 5.74) is 0.903. The quantitative estimate of drug-likeness (QED) is 0.543. The molecule has 0 saturated heterocycles. The van der Waals surface area contributed by atoms with Crippen molar-refractivity contribution in [3.8, 4) is 11.5 Å². The summed E-state index contributed by atoms with van der Waals surface area (Å²) in [7, 11) is 1.60. The molecule has 0 bridgehead atoms. The molecular formula is C19H25NO3. The van der Waals surface area contributed by atoms with Gasteiger partial charge in [0.15, 0.2) is 11.5 Å². The van der Waals surface area contributed by atoms with Gasteiger partial charge in [-0.05, 0) is 50.5 Å². The molecule has 2 rings (SSSR count). The van der Waals surface area contributed by atoms with Gasteiger partial charge in [-0.3, -0.25) is 4.79 Å². The van der Waals surface area contributed by atoms with Crippen molar-refractivity contribution < 1.29 is 14.3 Å². The highest BCUT2D eigenvalue weighted by molar-refractivity contribution is 5.92. The van der Waals surface area contributed by atoms with Crippen LogP contribution in [-0.2, 0) is 4.79 Å². The maximum atomic E-state index is 12.4. The van der Waals surface area contributed by atoms with E-state index in [2.05, 4.69) is 20.4 Å². The Kier molecular flexibility index (Phi) is 5.85. The van der Waals surface area contributed by atoms with Crippen molar-refractivity contribution in [2.45, 2.75) is 38.8 Å². The van der Waals surface area contributed by atoms with Crippen LogP contribution in [0.2, 0.25) is 0 Å². The van der Waals surface area contributed by atoms with Crippen LogP contribution in [0.5, 0.6) is 11.5 Å². The molecule has 1 saturated carbocycles. The minimum Gasteiger partial charge on any atom is -0.493 e. The van der Waals surface area contributed by atoms with Gasteiger partial charge in [-0.2, -0.15) is 0 Å². The van der Waals surface area contributed by atoms with E-state index in [0.717, 1.165) is 18.4 Å².